The average molecular weight is 271 g/mol. The van der Waals surface area contributed by atoms with Crippen LogP contribution in [0.1, 0.15) is 66.2 Å². The molecule has 0 bridgehead atoms. The van der Waals surface area contributed by atoms with Crippen LogP contribution in [-0.2, 0) is 9.59 Å². The molecule has 0 aliphatic carbocycles. The first kappa shape index (κ1) is 17.9. The van der Waals surface area contributed by atoms with E-state index in [0.717, 1.165) is 6.42 Å². The molecule has 0 aliphatic heterocycles. The number of carbonyl (C=O) groups excluding carboxylic acids is 1. The second-order valence-electron chi connectivity index (χ2n) is 6.31. The van der Waals surface area contributed by atoms with Crippen molar-refractivity contribution in [2.24, 2.45) is 11.3 Å². The standard InChI is InChI=1S/C15H29NO3/c1-5-6-7-8-15(3,4)11-16-13(17)9-12(2)10-14(18)19/h12H,5-11H2,1-4H3,(H,16,17)(H,18,19). The maximum atomic E-state index is 11.7. The van der Waals surface area contributed by atoms with Crippen LogP contribution in [-0.4, -0.2) is 23.5 Å². The molecule has 1 unspecified atom stereocenters. The average Bonchev–Trinajstić information content (AvgIpc) is 2.25. The van der Waals surface area contributed by atoms with Crippen LogP contribution in [0.25, 0.3) is 0 Å². The third-order valence-electron chi connectivity index (χ3n) is 3.28. The van der Waals surface area contributed by atoms with Gasteiger partial charge in [0.2, 0.25) is 5.91 Å². The van der Waals surface area contributed by atoms with Crippen molar-refractivity contribution in [2.45, 2.75) is 66.2 Å². The Hall–Kier alpha value is -1.06. The summed E-state index contributed by atoms with van der Waals surface area (Å²) in [5.74, 6) is -1.00. The second kappa shape index (κ2) is 8.94. The van der Waals surface area contributed by atoms with Crippen molar-refractivity contribution in [2.75, 3.05) is 6.54 Å². The molecule has 0 aromatic heterocycles. The van der Waals surface area contributed by atoms with Gasteiger partial charge in [0.15, 0.2) is 0 Å². The van der Waals surface area contributed by atoms with Gasteiger partial charge < -0.3 is 10.4 Å². The van der Waals surface area contributed by atoms with E-state index in [1.54, 1.807) is 6.92 Å². The molecule has 2 N–H and O–H groups in total. The van der Waals surface area contributed by atoms with Gasteiger partial charge in [-0.05, 0) is 17.8 Å². The van der Waals surface area contributed by atoms with E-state index in [1.165, 1.54) is 19.3 Å². The molecule has 19 heavy (non-hydrogen) atoms. The van der Waals surface area contributed by atoms with Crippen LogP contribution in [0.4, 0.5) is 0 Å². The Kier molecular flexibility index (Phi) is 8.44. The number of carbonyl (C=O) groups is 2. The van der Waals surface area contributed by atoms with Gasteiger partial charge in [-0.25, -0.2) is 0 Å². The molecule has 0 aliphatic rings. The SMILES string of the molecule is CCCCCC(C)(C)CNC(=O)CC(C)CC(=O)O. The van der Waals surface area contributed by atoms with Gasteiger partial charge in [0.1, 0.15) is 0 Å². The topological polar surface area (TPSA) is 66.4 Å². The molecule has 0 heterocycles. The van der Waals surface area contributed by atoms with E-state index in [1.807, 2.05) is 0 Å². The highest BCUT2D eigenvalue weighted by atomic mass is 16.4. The molecule has 0 saturated carbocycles. The molecule has 0 rings (SSSR count). The smallest absolute Gasteiger partial charge is 0.303 e. The minimum absolute atomic E-state index is 0.0442. The van der Waals surface area contributed by atoms with Gasteiger partial charge in [-0.3, -0.25) is 9.59 Å². The number of aliphatic carboxylic acids is 1. The zero-order chi connectivity index (χ0) is 14.9. The molecule has 0 aromatic rings. The summed E-state index contributed by atoms with van der Waals surface area (Å²) in [6, 6.07) is 0. The maximum Gasteiger partial charge on any atom is 0.303 e. The number of carboxylic acid groups (broad SMARTS) is 1. The van der Waals surface area contributed by atoms with Gasteiger partial charge in [0.25, 0.3) is 0 Å². The van der Waals surface area contributed by atoms with Crippen molar-refractivity contribution in [3.8, 4) is 0 Å². The molecule has 0 fully saturated rings. The summed E-state index contributed by atoms with van der Waals surface area (Å²) in [6.07, 6.45) is 5.06. The van der Waals surface area contributed by atoms with Crippen LogP contribution >= 0.6 is 0 Å². The third kappa shape index (κ3) is 10.5. The minimum Gasteiger partial charge on any atom is -0.481 e. The quantitative estimate of drug-likeness (QED) is 0.600. The molecule has 1 atom stereocenters. The maximum absolute atomic E-state index is 11.7. The van der Waals surface area contributed by atoms with Gasteiger partial charge >= 0.3 is 5.97 Å². The highest BCUT2D eigenvalue weighted by Crippen LogP contribution is 2.22. The van der Waals surface area contributed by atoms with Crippen LogP contribution in [0, 0.1) is 11.3 Å². The molecule has 0 spiro atoms. The fraction of sp³-hybridized carbons (Fsp3) is 0.867. The molecular weight excluding hydrogens is 242 g/mol. The van der Waals surface area contributed by atoms with Crippen LogP contribution < -0.4 is 5.32 Å². The molecule has 4 heteroatoms. The largest absolute Gasteiger partial charge is 0.481 e. The fourth-order valence-electron chi connectivity index (χ4n) is 2.04. The lowest BCUT2D eigenvalue weighted by Gasteiger charge is -2.25. The van der Waals surface area contributed by atoms with E-state index in [4.69, 9.17) is 5.11 Å². The Labute approximate surface area is 117 Å². The predicted octanol–water partition coefficient (Wildman–Crippen LogP) is 3.21. The minimum atomic E-state index is -0.847. The summed E-state index contributed by atoms with van der Waals surface area (Å²) in [7, 11) is 0. The summed E-state index contributed by atoms with van der Waals surface area (Å²) >= 11 is 0. The van der Waals surface area contributed by atoms with Gasteiger partial charge in [0, 0.05) is 19.4 Å². The summed E-state index contributed by atoms with van der Waals surface area (Å²) in [4.78, 5) is 22.2. The van der Waals surface area contributed by atoms with Crippen molar-refractivity contribution < 1.29 is 14.7 Å². The molecule has 112 valence electrons. The number of hydrogen-bond donors (Lipinski definition) is 2. The third-order valence-corrected chi connectivity index (χ3v) is 3.28. The van der Waals surface area contributed by atoms with Gasteiger partial charge in [-0.2, -0.15) is 0 Å². The summed E-state index contributed by atoms with van der Waals surface area (Å²) in [6.45, 7) is 8.95. The molecule has 0 radical (unpaired) electrons. The number of unbranched alkanes of at least 4 members (excludes halogenated alkanes) is 2. The van der Waals surface area contributed by atoms with Crippen molar-refractivity contribution in [3.63, 3.8) is 0 Å². The molecule has 0 aromatic carbocycles. The normalized spacial score (nSPS) is 13.1. The van der Waals surface area contributed by atoms with Crippen LogP contribution in [0.15, 0.2) is 0 Å². The number of hydrogen-bond acceptors (Lipinski definition) is 2. The zero-order valence-corrected chi connectivity index (χ0v) is 12.8. The van der Waals surface area contributed by atoms with Gasteiger partial charge in [-0.1, -0.05) is 47.0 Å². The first-order valence-electron chi connectivity index (χ1n) is 7.25. The fourth-order valence-corrected chi connectivity index (χ4v) is 2.04. The number of rotatable bonds is 10. The van der Waals surface area contributed by atoms with Crippen molar-refractivity contribution in [3.05, 3.63) is 0 Å². The first-order chi connectivity index (χ1) is 8.76. The van der Waals surface area contributed by atoms with E-state index in [0.29, 0.717) is 6.54 Å². The predicted molar refractivity (Wildman–Crippen MR) is 77.0 cm³/mol. The van der Waals surface area contributed by atoms with E-state index >= 15 is 0 Å². The Balaban J connectivity index is 3.90. The number of carboxylic acids is 1. The lowest BCUT2D eigenvalue weighted by molar-refractivity contribution is -0.138. The Morgan fingerprint density at radius 2 is 1.84 bits per heavy atom. The van der Waals surface area contributed by atoms with E-state index in [9.17, 15) is 9.59 Å². The first-order valence-corrected chi connectivity index (χ1v) is 7.25. The van der Waals surface area contributed by atoms with Crippen LogP contribution in [0.3, 0.4) is 0 Å². The lowest BCUT2D eigenvalue weighted by atomic mass is 9.87. The van der Waals surface area contributed by atoms with Crippen LogP contribution in [0.2, 0.25) is 0 Å². The van der Waals surface area contributed by atoms with E-state index in [-0.39, 0.29) is 30.1 Å². The van der Waals surface area contributed by atoms with Gasteiger partial charge in [-0.15, -0.1) is 0 Å². The monoisotopic (exact) mass is 271 g/mol. The summed E-state index contributed by atoms with van der Waals surface area (Å²) in [5, 5.41) is 11.6. The number of nitrogens with one attached hydrogen (secondary N) is 1. The summed E-state index contributed by atoms with van der Waals surface area (Å²) in [5.41, 5.74) is 0.112. The van der Waals surface area contributed by atoms with Crippen molar-refractivity contribution in [1.29, 1.82) is 0 Å². The van der Waals surface area contributed by atoms with Crippen molar-refractivity contribution >= 4 is 11.9 Å². The van der Waals surface area contributed by atoms with Crippen LogP contribution in [0.5, 0.6) is 0 Å². The highest BCUT2D eigenvalue weighted by molar-refractivity contribution is 5.77. The van der Waals surface area contributed by atoms with Crippen molar-refractivity contribution in [1.82, 2.24) is 5.32 Å². The van der Waals surface area contributed by atoms with E-state index < -0.39 is 5.97 Å². The Morgan fingerprint density at radius 3 is 2.37 bits per heavy atom. The molecule has 1 amide bonds. The zero-order valence-electron chi connectivity index (χ0n) is 12.8. The number of amides is 1. The summed E-state index contributed by atoms with van der Waals surface area (Å²) < 4.78 is 0. The van der Waals surface area contributed by atoms with E-state index in [2.05, 4.69) is 26.1 Å². The van der Waals surface area contributed by atoms with Gasteiger partial charge in [0.05, 0.1) is 0 Å². The molecule has 0 saturated heterocycles. The highest BCUT2D eigenvalue weighted by Gasteiger charge is 2.19. The second-order valence-corrected chi connectivity index (χ2v) is 6.31. The molecule has 4 nitrogen and oxygen atoms in total. The Bertz CT molecular complexity index is 287. The Morgan fingerprint density at radius 1 is 1.21 bits per heavy atom. The molecular formula is C15H29NO3. The lowest BCUT2D eigenvalue weighted by Crippen LogP contribution is -2.34.